The van der Waals surface area contributed by atoms with Crippen LogP contribution in [0.15, 0.2) is 42.2 Å². The highest BCUT2D eigenvalue weighted by Gasteiger charge is 2.59. The Labute approximate surface area is 138 Å². The van der Waals surface area contributed by atoms with Crippen LogP contribution in [0.3, 0.4) is 0 Å². The molecule has 3 heteroatoms. The summed E-state index contributed by atoms with van der Waals surface area (Å²) >= 11 is 0. The summed E-state index contributed by atoms with van der Waals surface area (Å²) < 4.78 is 18.5. The van der Waals surface area contributed by atoms with Gasteiger partial charge in [-0.25, -0.2) is 0 Å². The second-order valence-electron chi connectivity index (χ2n) is 7.83. The maximum Gasteiger partial charge on any atom is 0.173 e. The molecule has 3 nitrogen and oxygen atoms in total. The molecule has 2 aliphatic heterocycles. The van der Waals surface area contributed by atoms with Gasteiger partial charge in [-0.05, 0) is 24.5 Å². The minimum absolute atomic E-state index is 0.0300. The SMILES string of the molecule is CC1(C)CC2(CC=C(Cc3ccccc3)O2)CCC12OCCO2. The van der Waals surface area contributed by atoms with Crippen LogP contribution < -0.4 is 0 Å². The molecule has 0 amide bonds. The van der Waals surface area contributed by atoms with Gasteiger partial charge in [0.25, 0.3) is 0 Å². The van der Waals surface area contributed by atoms with Gasteiger partial charge in [0, 0.05) is 24.7 Å². The fourth-order valence-corrected chi connectivity index (χ4v) is 4.58. The van der Waals surface area contributed by atoms with E-state index < -0.39 is 5.79 Å². The summed E-state index contributed by atoms with van der Waals surface area (Å²) in [6, 6.07) is 10.6. The summed E-state index contributed by atoms with van der Waals surface area (Å²) in [6.07, 6.45) is 7.10. The molecule has 0 bridgehead atoms. The Balaban J connectivity index is 1.46. The van der Waals surface area contributed by atoms with Gasteiger partial charge in [-0.15, -0.1) is 0 Å². The van der Waals surface area contributed by atoms with Crippen LogP contribution in [0.25, 0.3) is 0 Å². The molecule has 1 aromatic carbocycles. The predicted octanol–water partition coefficient (Wildman–Crippen LogP) is 4.23. The molecule has 23 heavy (non-hydrogen) atoms. The molecule has 2 fully saturated rings. The molecule has 124 valence electrons. The number of benzene rings is 1. The average molecular weight is 314 g/mol. The van der Waals surface area contributed by atoms with Gasteiger partial charge in [-0.2, -0.15) is 0 Å². The van der Waals surface area contributed by atoms with Gasteiger partial charge in [-0.1, -0.05) is 44.2 Å². The van der Waals surface area contributed by atoms with E-state index >= 15 is 0 Å². The minimum atomic E-state index is -0.399. The molecule has 0 aromatic heterocycles. The first kappa shape index (κ1) is 15.2. The molecule has 1 atom stereocenters. The molecule has 1 saturated carbocycles. The van der Waals surface area contributed by atoms with Gasteiger partial charge in [-0.3, -0.25) is 0 Å². The Kier molecular flexibility index (Phi) is 3.54. The standard InChI is InChI=1S/C20H26O3/c1-18(2)15-19(10-11-20(18)21-12-13-22-20)9-8-17(23-19)14-16-6-4-3-5-7-16/h3-8H,9-15H2,1-2H3. The lowest BCUT2D eigenvalue weighted by molar-refractivity contribution is -0.270. The van der Waals surface area contributed by atoms with Crippen LogP contribution in [-0.2, 0) is 20.6 Å². The van der Waals surface area contributed by atoms with E-state index in [4.69, 9.17) is 14.2 Å². The van der Waals surface area contributed by atoms with Gasteiger partial charge < -0.3 is 14.2 Å². The van der Waals surface area contributed by atoms with E-state index in [1.807, 2.05) is 0 Å². The van der Waals surface area contributed by atoms with Crippen molar-refractivity contribution >= 4 is 0 Å². The number of hydrogen-bond donors (Lipinski definition) is 0. The van der Waals surface area contributed by atoms with Crippen LogP contribution in [0, 0.1) is 5.41 Å². The predicted molar refractivity (Wildman–Crippen MR) is 88.9 cm³/mol. The summed E-state index contributed by atoms with van der Waals surface area (Å²) in [5, 5.41) is 0. The van der Waals surface area contributed by atoms with Crippen molar-refractivity contribution in [1.82, 2.24) is 0 Å². The lowest BCUT2D eigenvalue weighted by Crippen LogP contribution is -2.55. The van der Waals surface area contributed by atoms with E-state index in [0.29, 0.717) is 0 Å². The molecule has 3 aliphatic rings. The van der Waals surface area contributed by atoms with Crippen molar-refractivity contribution in [2.75, 3.05) is 13.2 Å². The summed E-state index contributed by atoms with van der Waals surface area (Å²) in [4.78, 5) is 0. The molecule has 2 heterocycles. The van der Waals surface area contributed by atoms with Crippen LogP contribution >= 0.6 is 0 Å². The lowest BCUT2D eigenvalue weighted by Gasteiger charge is -2.51. The van der Waals surface area contributed by atoms with Crippen molar-refractivity contribution in [2.24, 2.45) is 5.41 Å². The minimum Gasteiger partial charge on any atom is -0.491 e. The van der Waals surface area contributed by atoms with E-state index in [-0.39, 0.29) is 11.0 Å². The fraction of sp³-hybridized carbons (Fsp3) is 0.600. The normalized spacial score (nSPS) is 31.3. The fourth-order valence-electron chi connectivity index (χ4n) is 4.58. The van der Waals surface area contributed by atoms with Gasteiger partial charge >= 0.3 is 0 Å². The van der Waals surface area contributed by atoms with Crippen LogP contribution in [0.5, 0.6) is 0 Å². The van der Waals surface area contributed by atoms with Crippen molar-refractivity contribution in [3.63, 3.8) is 0 Å². The van der Waals surface area contributed by atoms with Crippen molar-refractivity contribution in [3.8, 4) is 0 Å². The summed E-state index contributed by atoms with van der Waals surface area (Å²) in [7, 11) is 0. The smallest absolute Gasteiger partial charge is 0.173 e. The lowest BCUT2D eigenvalue weighted by atomic mass is 9.65. The second kappa shape index (κ2) is 5.35. The summed E-state index contributed by atoms with van der Waals surface area (Å²) in [6.45, 7) is 5.96. The average Bonchev–Trinajstić information content (AvgIpc) is 3.14. The van der Waals surface area contributed by atoms with E-state index in [1.165, 1.54) is 5.56 Å². The number of hydrogen-bond acceptors (Lipinski definition) is 3. The van der Waals surface area contributed by atoms with Crippen molar-refractivity contribution in [3.05, 3.63) is 47.7 Å². The van der Waals surface area contributed by atoms with Crippen molar-refractivity contribution in [1.29, 1.82) is 0 Å². The summed E-state index contributed by atoms with van der Waals surface area (Å²) in [5.41, 5.74) is 1.22. The Morgan fingerprint density at radius 1 is 1.00 bits per heavy atom. The van der Waals surface area contributed by atoms with Crippen LogP contribution in [0.4, 0.5) is 0 Å². The molecule has 1 unspecified atom stereocenters. The first-order chi connectivity index (χ1) is 11.0. The van der Waals surface area contributed by atoms with E-state index in [9.17, 15) is 0 Å². The van der Waals surface area contributed by atoms with Crippen molar-refractivity contribution in [2.45, 2.75) is 57.3 Å². The third-order valence-electron chi connectivity index (χ3n) is 5.73. The molecule has 0 N–H and O–H groups in total. The van der Waals surface area contributed by atoms with Crippen LogP contribution in [0.2, 0.25) is 0 Å². The number of rotatable bonds is 2. The zero-order valence-corrected chi connectivity index (χ0v) is 14.1. The first-order valence-electron chi connectivity index (χ1n) is 8.73. The van der Waals surface area contributed by atoms with Crippen LogP contribution in [0.1, 0.15) is 45.1 Å². The zero-order chi connectivity index (χ0) is 16.0. The number of allylic oxidation sites excluding steroid dienone is 1. The monoisotopic (exact) mass is 314 g/mol. The summed E-state index contributed by atoms with van der Waals surface area (Å²) in [5.74, 6) is 0.722. The third-order valence-corrected chi connectivity index (χ3v) is 5.73. The third kappa shape index (κ3) is 2.60. The highest BCUT2D eigenvalue weighted by molar-refractivity contribution is 5.23. The number of ether oxygens (including phenoxy) is 3. The molecule has 4 rings (SSSR count). The zero-order valence-electron chi connectivity index (χ0n) is 14.1. The largest absolute Gasteiger partial charge is 0.491 e. The topological polar surface area (TPSA) is 27.7 Å². The van der Waals surface area contributed by atoms with Gasteiger partial charge in [0.1, 0.15) is 5.60 Å². The highest BCUT2D eigenvalue weighted by atomic mass is 16.7. The highest BCUT2D eigenvalue weighted by Crippen LogP contribution is 2.55. The van der Waals surface area contributed by atoms with Gasteiger partial charge in [0.05, 0.1) is 19.0 Å². The van der Waals surface area contributed by atoms with E-state index in [0.717, 1.165) is 51.1 Å². The molecular formula is C20H26O3. The molecular weight excluding hydrogens is 288 g/mol. The molecule has 1 aliphatic carbocycles. The Morgan fingerprint density at radius 3 is 2.43 bits per heavy atom. The van der Waals surface area contributed by atoms with Gasteiger partial charge in [0.15, 0.2) is 5.79 Å². The Morgan fingerprint density at radius 2 is 1.74 bits per heavy atom. The molecule has 0 radical (unpaired) electrons. The Hall–Kier alpha value is -1.32. The first-order valence-corrected chi connectivity index (χ1v) is 8.73. The molecule has 1 saturated heterocycles. The molecule has 1 aromatic rings. The van der Waals surface area contributed by atoms with E-state index in [1.54, 1.807) is 0 Å². The van der Waals surface area contributed by atoms with Gasteiger partial charge in [0.2, 0.25) is 0 Å². The van der Waals surface area contributed by atoms with Crippen LogP contribution in [-0.4, -0.2) is 24.6 Å². The maximum atomic E-state index is 6.48. The van der Waals surface area contributed by atoms with Crippen molar-refractivity contribution < 1.29 is 14.2 Å². The quantitative estimate of drug-likeness (QED) is 0.818. The Bertz CT molecular complexity index is 599. The molecule has 2 spiro atoms. The second-order valence-corrected chi connectivity index (χ2v) is 7.83. The van der Waals surface area contributed by atoms with E-state index in [2.05, 4.69) is 50.3 Å². The maximum absolute atomic E-state index is 6.48.